The second kappa shape index (κ2) is 11.4. The zero-order chi connectivity index (χ0) is 13.8. The maximum Gasteiger partial charge on any atom is 0.304 e. The van der Waals surface area contributed by atoms with Gasteiger partial charge in [-0.2, -0.15) is 0 Å². The summed E-state index contributed by atoms with van der Waals surface area (Å²) < 4.78 is 0. The van der Waals surface area contributed by atoms with Crippen molar-refractivity contribution in [1.29, 1.82) is 0 Å². The lowest BCUT2D eigenvalue weighted by atomic mass is 10.3. The number of aliphatic hydroxyl groups excluding tert-OH is 1. The Balaban J connectivity index is 3.87. The van der Waals surface area contributed by atoms with E-state index in [9.17, 15) is 4.79 Å². The number of nitrogens with zero attached hydrogens (tertiary/aromatic N) is 2. The first-order chi connectivity index (χ1) is 8.63. The summed E-state index contributed by atoms with van der Waals surface area (Å²) in [7, 11) is 0. The summed E-state index contributed by atoms with van der Waals surface area (Å²) in [6.45, 7) is 9.90. The van der Waals surface area contributed by atoms with Crippen molar-refractivity contribution >= 4 is 5.97 Å². The van der Waals surface area contributed by atoms with E-state index in [0.29, 0.717) is 13.0 Å². The maximum absolute atomic E-state index is 10.6. The van der Waals surface area contributed by atoms with E-state index >= 15 is 0 Å². The summed E-state index contributed by atoms with van der Waals surface area (Å²) >= 11 is 0. The minimum absolute atomic E-state index is 0.166. The monoisotopic (exact) mass is 260 g/mol. The predicted molar refractivity (Wildman–Crippen MR) is 72.8 cm³/mol. The number of hydrogen-bond donors (Lipinski definition) is 2. The Bertz CT molecular complexity index is 208. The minimum Gasteiger partial charge on any atom is -0.481 e. The normalized spacial score (nSPS) is 11.4. The van der Waals surface area contributed by atoms with Crippen molar-refractivity contribution in [3.63, 3.8) is 0 Å². The molecule has 0 unspecified atom stereocenters. The average Bonchev–Trinajstić information content (AvgIpc) is 2.36. The molecule has 0 amide bonds. The molecule has 0 aromatic rings. The van der Waals surface area contributed by atoms with Crippen LogP contribution in [0.4, 0.5) is 0 Å². The van der Waals surface area contributed by atoms with Gasteiger partial charge in [-0.1, -0.05) is 13.8 Å². The summed E-state index contributed by atoms with van der Waals surface area (Å²) in [5, 5.41) is 17.5. The fourth-order valence-corrected chi connectivity index (χ4v) is 1.94. The molecule has 0 aromatic heterocycles. The minimum atomic E-state index is -0.757. The van der Waals surface area contributed by atoms with E-state index < -0.39 is 5.97 Å². The van der Waals surface area contributed by atoms with Crippen LogP contribution in [-0.4, -0.2) is 71.9 Å². The number of rotatable bonds is 12. The Kier molecular flexibility index (Phi) is 11.0. The molecule has 5 heteroatoms. The smallest absolute Gasteiger partial charge is 0.304 e. The van der Waals surface area contributed by atoms with Crippen LogP contribution in [0.2, 0.25) is 0 Å². The molecule has 0 saturated carbocycles. The van der Waals surface area contributed by atoms with Crippen molar-refractivity contribution in [1.82, 2.24) is 9.80 Å². The molecule has 0 atom stereocenters. The van der Waals surface area contributed by atoms with Crippen LogP contribution in [0.25, 0.3) is 0 Å². The van der Waals surface area contributed by atoms with E-state index in [2.05, 4.69) is 23.6 Å². The highest BCUT2D eigenvalue weighted by Crippen LogP contribution is 1.99. The summed E-state index contributed by atoms with van der Waals surface area (Å²) in [6, 6.07) is 0. The van der Waals surface area contributed by atoms with Gasteiger partial charge in [0, 0.05) is 19.7 Å². The van der Waals surface area contributed by atoms with Crippen molar-refractivity contribution in [2.45, 2.75) is 33.1 Å². The van der Waals surface area contributed by atoms with Crippen LogP contribution >= 0.6 is 0 Å². The van der Waals surface area contributed by atoms with Gasteiger partial charge in [-0.3, -0.25) is 4.79 Å². The summed E-state index contributed by atoms with van der Waals surface area (Å²) in [5.41, 5.74) is 0. The Hall–Kier alpha value is -0.650. The quantitative estimate of drug-likeness (QED) is 0.545. The second-order valence-electron chi connectivity index (χ2n) is 4.44. The topological polar surface area (TPSA) is 64.0 Å². The van der Waals surface area contributed by atoms with E-state index in [0.717, 1.165) is 39.1 Å². The molecule has 0 aliphatic rings. The van der Waals surface area contributed by atoms with Crippen LogP contribution in [0.5, 0.6) is 0 Å². The molecule has 0 spiro atoms. The van der Waals surface area contributed by atoms with Crippen LogP contribution in [0, 0.1) is 0 Å². The lowest BCUT2D eigenvalue weighted by molar-refractivity contribution is -0.137. The molecular formula is C13H28N2O3. The molecule has 0 aliphatic heterocycles. The van der Waals surface area contributed by atoms with Gasteiger partial charge in [-0.05, 0) is 39.0 Å². The number of carboxylic acids is 1. The van der Waals surface area contributed by atoms with Crippen molar-refractivity contribution in [2.24, 2.45) is 0 Å². The Morgan fingerprint density at radius 2 is 1.50 bits per heavy atom. The standard InChI is InChI=1S/C13H28N2O3/c1-3-14(4-2)8-5-9-15(10-6-12-16)11-7-13(17)18/h16H,3-12H2,1-2H3,(H,17,18). The van der Waals surface area contributed by atoms with Crippen LogP contribution in [0.15, 0.2) is 0 Å². The van der Waals surface area contributed by atoms with Crippen LogP contribution < -0.4 is 0 Å². The molecular weight excluding hydrogens is 232 g/mol. The average molecular weight is 260 g/mol. The maximum atomic E-state index is 10.6. The van der Waals surface area contributed by atoms with Gasteiger partial charge in [0.2, 0.25) is 0 Å². The predicted octanol–water partition coefficient (Wildman–Crippen LogP) is 0.877. The molecule has 0 heterocycles. The number of carboxylic acid groups (broad SMARTS) is 1. The van der Waals surface area contributed by atoms with Crippen molar-refractivity contribution in [2.75, 3.05) is 45.9 Å². The van der Waals surface area contributed by atoms with Gasteiger partial charge in [0.1, 0.15) is 0 Å². The molecule has 0 fully saturated rings. The van der Waals surface area contributed by atoms with Gasteiger partial charge in [-0.25, -0.2) is 0 Å². The largest absolute Gasteiger partial charge is 0.481 e. The number of hydrogen-bond acceptors (Lipinski definition) is 4. The molecule has 108 valence electrons. The van der Waals surface area contributed by atoms with Gasteiger partial charge in [0.15, 0.2) is 0 Å². The Morgan fingerprint density at radius 3 is 2.00 bits per heavy atom. The van der Waals surface area contributed by atoms with Gasteiger partial charge < -0.3 is 20.0 Å². The summed E-state index contributed by atoms with van der Waals surface area (Å²) in [5.74, 6) is -0.757. The van der Waals surface area contributed by atoms with E-state index in [1.165, 1.54) is 0 Å². The third kappa shape index (κ3) is 9.39. The molecule has 0 bridgehead atoms. The molecule has 0 aromatic carbocycles. The molecule has 18 heavy (non-hydrogen) atoms. The zero-order valence-corrected chi connectivity index (χ0v) is 11.8. The SMILES string of the molecule is CCN(CC)CCCN(CCCO)CCC(=O)O. The molecule has 0 saturated heterocycles. The Morgan fingerprint density at radius 1 is 0.944 bits per heavy atom. The number of aliphatic carboxylic acids is 1. The second-order valence-corrected chi connectivity index (χ2v) is 4.44. The first-order valence-corrected chi connectivity index (χ1v) is 6.91. The van der Waals surface area contributed by atoms with E-state index in [4.69, 9.17) is 10.2 Å². The molecule has 0 radical (unpaired) electrons. The van der Waals surface area contributed by atoms with Gasteiger partial charge >= 0.3 is 5.97 Å². The molecule has 5 nitrogen and oxygen atoms in total. The third-order valence-corrected chi connectivity index (χ3v) is 3.12. The Labute approximate surface area is 110 Å². The lowest BCUT2D eigenvalue weighted by Gasteiger charge is -2.23. The molecule has 0 rings (SSSR count). The highest BCUT2D eigenvalue weighted by molar-refractivity contribution is 5.66. The lowest BCUT2D eigenvalue weighted by Crippen LogP contribution is -2.32. The van der Waals surface area contributed by atoms with Crippen LogP contribution in [0.3, 0.4) is 0 Å². The zero-order valence-electron chi connectivity index (χ0n) is 11.8. The fraction of sp³-hybridized carbons (Fsp3) is 0.923. The first kappa shape index (κ1) is 17.4. The summed E-state index contributed by atoms with van der Waals surface area (Å²) in [6.07, 6.45) is 1.94. The molecule has 0 aliphatic carbocycles. The van der Waals surface area contributed by atoms with E-state index in [-0.39, 0.29) is 13.0 Å². The van der Waals surface area contributed by atoms with Gasteiger partial charge in [0.05, 0.1) is 6.42 Å². The van der Waals surface area contributed by atoms with Crippen molar-refractivity contribution in [3.8, 4) is 0 Å². The molecule has 2 N–H and O–H groups in total. The number of aliphatic hydroxyl groups is 1. The van der Waals surface area contributed by atoms with Crippen LogP contribution in [0.1, 0.15) is 33.1 Å². The number of carbonyl (C=O) groups is 1. The van der Waals surface area contributed by atoms with Crippen LogP contribution in [-0.2, 0) is 4.79 Å². The van der Waals surface area contributed by atoms with Gasteiger partial charge in [0.25, 0.3) is 0 Å². The highest BCUT2D eigenvalue weighted by atomic mass is 16.4. The van der Waals surface area contributed by atoms with Crippen molar-refractivity contribution < 1.29 is 15.0 Å². The first-order valence-electron chi connectivity index (χ1n) is 6.91. The van der Waals surface area contributed by atoms with Crippen molar-refractivity contribution in [3.05, 3.63) is 0 Å². The van der Waals surface area contributed by atoms with Gasteiger partial charge in [-0.15, -0.1) is 0 Å². The van der Waals surface area contributed by atoms with E-state index in [1.54, 1.807) is 0 Å². The summed E-state index contributed by atoms with van der Waals surface area (Å²) in [4.78, 5) is 15.1. The fourth-order valence-electron chi connectivity index (χ4n) is 1.94. The third-order valence-electron chi connectivity index (χ3n) is 3.12. The van der Waals surface area contributed by atoms with E-state index in [1.807, 2.05) is 0 Å². The highest BCUT2D eigenvalue weighted by Gasteiger charge is 2.08.